The molecule has 5 nitrogen and oxygen atoms in total. The highest BCUT2D eigenvalue weighted by atomic mass is 16.5. The highest BCUT2D eigenvalue weighted by Crippen LogP contribution is 2.05. The third kappa shape index (κ3) is 6.27. The largest absolute Gasteiger partial charge is 0.464 e. The molecule has 0 spiro atoms. The number of ether oxygens (including phenoxy) is 1. The molecule has 0 fully saturated rings. The van der Waals surface area contributed by atoms with E-state index in [9.17, 15) is 4.79 Å². The van der Waals surface area contributed by atoms with E-state index in [1.54, 1.807) is 12.3 Å². The van der Waals surface area contributed by atoms with Gasteiger partial charge < -0.3 is 10.5 Å². The number of hydrogen-bond donors (Lipinski definition) is 1. The first-order valence-electron chi connectivity index (χ1n) is 6.67. The topological polar surface area (TPSA) is 70.1 Å². The van der Waals surface area contributed by atoms with Gasteiger partial charge in [-0.15, -0.1) is 0 Å². The Morgan fingerprint density at radius 3 is 2.72 bits per heavy atom. The van der Waals surface area contributed by atoms with Crippen LogP contribution in [0.2, 0.25) is 0 Å². The number of carbonyl (C=O) groups is 1. The molecule has 1 heterocycles. The number of aromatic nitrogens is 2. The Morgan fingerprint density at radius 1 is 1.33 bits per heavy atom. The number of esters is 1. The van der Waals surface area contributed by atoms with Gasteiger partial charge in [0.2, 0.25) is 0 Å². The van der Waals surface area contributed by atoms with Gasteiger partial charge in [-0.1, -0.05) is 39.0 Å². The third-order valence-electron chi connectivity index (χ3n) is 2.71. The van der Waals surface area contributed by atoms with E-state index in [1.807, 2.05) is 0 Å². The summed E-state index contributed by atoms with van der Waals surface area (Å²) in [6.45, 7) is 2.83. The van der Waals surface area contributed by atoms with Crippen molar-refractivity contribution in [1.82, 2.24) is 9.78 Å². The lowest BCUT2D eigenvalue weighted by Gasteiger charge is -2.04. The lowest BCUT2D eigenvalue weighted by atomic mass is 10.1. The van der Waals surface area contributed by atoms with Crippen molar-refractivity contribution < 1.29 is 9.53 Å². The summed E-state index contributed by atoms with van der Waals surface area (Å²) in [5.41, 5.74) is 5.45. The number of rotatable bonds is 9. The van der Waals surface area contributed by atoms with Crippen molar-refractivity contribution in [3.05, 3.63) is 12.3 Å². The molecule has 1 aromatic heterocycles. The second-order valence-corrected chi connectivity index (χ2v) is 4.43. The van der Waals surface area contributed by atoms with Crippen LogP contribution in [0, 0.1) is 0 Å². The summed E-state index contributed by atoms with van der Waals surface area (Å²) in [5, 5.41) is 3.92. The van der Waals surface area contributed by atoms with E-state index < -0.39 is 0 Å². The molecule has 102 valence electrons. The molecule has 1 aromatic rings. The molecule has 0 saturated carbocycles. The monoisotopic (exact) mass is 253 g/mol. The molecule has 0 bridgehead atoms. The van der Waals surface area contributed by atoms with Crippen molar-refractivity contribution in [2.24, 2.45) is 0 Å². The minimum absolute atomic E-state index is 0.132. The molecule has 0 saturated heterocycles. The summed E-state index contributed by atoms with van der Waals surface area (Å²) >= 11 is 0. The number of hydrogen-bond acceptors (Lipinski definition) is 4. The van der Waals surface area contributed by atoms with Gasteiger partial charge in [-0.25, -0.2) is 0 Å². The molecule has 0 amide bonds. The van der Waals surface area contributed by atoms with Gasteiger partial charge in [-0.2, -0.15) is 5.10 Å². The summed E-state index contributed by atoms with van der Waals surface area (Å²) in [6, 6.07) is 1.65. The molecule has 0 aliphatic heterocycles. The average Bonchev–Trinajstić information content (AvgIpc) is 2.73. The molecule has 0 unspecified atom stereocenters. The zero-order valence-corrected chi connectivity index (χ0v) is 11.1. The van der Waals surface area contributed by atoms with E-state index in [0.29, 0.717) is 12.4 Å². The number of nitrogens with zero attached hydrogens (tertiary/aromatic N) is 2. The van der Waals surface area contributed by atoms with Gasteiger partial charge in [0.1, 0.15) is 12.4 Å². The second-order valence-electron chi connectivity index (χ2n) is 4.43. The Hall–Kier alpha value is -1.52. The van der Waals surface area contributed by atoms with Gasteiger partial charge in [0.15, 0.2) is 0 Å². The lowest BCUT2D eigenvalue weighted by molar-refractivity contribution is -0.144. The Kier molecular flexibility index (Phi) is 6.91. The number of carbonyl (C=O) groups excluding carboxylic acids is 1. The maximum absolute atomic E-state index is 11.4. The molecule has 0 aliphatic rings. The first-order chi connectivity index (χ1) is 8.72. The summed E-state index contributed by atoms with van der Waals surface area (Å²) in [4.78, 5) is 11.4. The van der Waals surface area contributed by atoms with Crippen molar-refractivity contribution >= 4 is 11.8 Å². The van der Waals surface area contributed by atoms with Crippen LogP contribution < -0.4 is 5.73 Å². The van der Waals surface area contributed by atoms with Crippen LogP contribution in [0.3, 0.4) is 0 Å². The first kappa shape index (κ1) is 14.5. The normalized spacial score (nSPS) is 10.5. The van der Waals surface area contributed by atoms with Crippen molar-refractivity contribution in [3.63, 3.8) is 0 Å². The lowest BCUT2D eigenvalue weighted by Crippen LogP contribution is -2.14. The van der Waals surface area contributed by atoms with Gasteiger partial charge in [0, 0.05) is 6.20 Å². The number of nitrogens with two attached hydrogens (primary N) is 1. The fourth-order valence-electron chi connectivity index (χ4n) is 1.71. The number of anilines is 1. The van der Waals surface area contributed by atoms with E-state index in [4.69, 9.17) is 10.5 Å². The summed E-state index contributed by atoms with van der Waals surface area (Å²) in [7, 11) is 0. The van der Waals surface area contributed by atoms with Crippen molar-refractivity contribution in [3.8, 4) is 0 Å². The second kappa shape index (κ2) is 8.55. The highest BCUT2D eigenvalue weighted by molar-refractivity contribution is 5.69. The van der Waals surface area contributed by atoms with E-state index in [1.165, 1.54) is 30.4 Å². The average molecular weight is 253 g/mol. The Balaban J connectivity index is 2.00. The van der Waals surface area contributed by atoms with Crippen LogP contribution in [-0.2, 0) is 16.1 Å². The van der Waals surface area contributed by atoms with Crippen LogP contribution in [0.15, 0.2) is 12.3 Å². The van der Waals surface area contributed by atoms with E-state index >= 15 is 0 Å². The van der Waals surface area contributed by atoms with Crippen LogP contribution in [0.25, 0.3) is 0 Å². The summed E-state index contributed by atoms with van der Waals surface area (Å²) in [5.74, 6) is 0.158. The predicted molar refractivity (Wildman–Crippen MR) is 71.0 cm³/mol. The quantitative estimate of drug-likeness (QED) is 0.542. The Bertz CT molecular complexity index is 350. The molecule has 5 heteroatoms. The molecular weight excluding hydrogens is 230 g/mol. The van der Waals surface area contributed by atoms with Gasteiger partial charge in [-0.3, -0.25) is 9.48 Å². The zero-order valence-electron chi connectivity index (χ0n) is 11.1. The number of unbranched alkanes of at least 4 members (excludes halogenated alkanes) is 5. The summed E-state index contributed by atoms with van der Waals surface area (Å²) < 4.78 is 6.61. The minimum atomic E-state index is -0.258. The SMILES string of the molecule is CCCCCCCCOC(=O)Cn1ccc(N)n1. The van der Waals surface area contributed by atoms with Gasteiger partial charge in [0.25, 0.3) is 0 Å². The van der Waals surface area contributed by atoms with Gasteiger partial charge in [0.05, 0.1) is 6.61 Å². The highest BCUT2D eigenvalue weighted by Gasteiger charge is 2.04. The maximum atomic E-state index is 11.4. The van der Waals surface area contributed by atoms with Crippen LogP contribution in [-0.4, -0.2) is 22.4 Å². The molecule has 2 N–H and O–H groups in total. The Labute approximate surface area is 108 Å². The fourth-order valence-corrected chi connectivity index (χ4v) is 1.71. The van der Waals surface area contributed by atoms with Crippen molar-refractivity contribution in [1.29, 1.82) is 0 Å². The van der Waals surface area contributed by atoms with Crippen LogP contribution in [0.4, 0.5) is 5.82 Å². The molecule has 0 aliphatic carbocycles. The minimum Gasteiger partial charge on any atom is -0.464 e. The van der Waals surface area contributed by atoms with Gasteiger partial charge >= 0.3 is 5.97 Å². The third-order valence-corrected chi connectivity index (χ3v) is 2.71. The molecule has 0 radical (unpaired) electrons. The Morgan fingerprint density at radius 2 is 2.06 bits per heavy atom. The fraction of sp³-hybridized carbons (Fsp3) is 0.692. The molecule has 0 aromatic carbocycles. The first-order valence-corrected chi connectivity index (χ1v) is 6.67. The smallest absolute Gasteiger partial charge is 0.327 e. The summed E-state index contributed by atoms with van der Waals surface area (Å²) in [6.07, 6.45) is 8.78. The molecule has 18 heavy (non-hydrogen) atoms. The zero-order chi connectivity index (χ0) is 13.2. The van der Waals surface area contributed by atoms with Crippen LogP contribution in [0.1, 0.15) is 45.4 Å². The molecule has 0 atom stereocenters. The number of nitrogen functional groups attached to an aromatic ring is 1. The van der Waals surface area contributed by atoms with Crippen LogP contribution in [0.5, 0.6) is 0 Å². The van der Waals surface area contributed by atoms with E-state index in [-0.39, 0.29) is 12.5 Å². The van der Waals surface area contributed by atoms with Gasteiger partial charge in [-0.05, 0) is 12.5 Å². The maximum Gasteiger partial charge on any atom is 0.327 e. The van der Waals surface area contributed by atoms with Crippen molar-refractivity contribution in [2.45, 2.75) is 52.0 Å². The van der Waals surface area contributed by atoms with Crippen LogP contribution >= 0.6 is 0 Å². The predicted octanol–water partition coefficient (Wildman–Crippen LogP) is 2.37. The molecule has 1 rings (SSSR count). The van der Waals surface area contributed by atoms with E-state index in [2.05, 4.69) is 12.0 Å². The van der Waals surface area contributed by atoms with E-state index in [0.717, 1.165) is 12.8 Å². The standard InChI is InChI=1S/C13H23N3O2/c1-2-3-4-5-6-7-10-18-13(17)11-16-9-8-12(14)15-16/h8-9H,2-7,10-11H2,1H3,(H2,14,15). The molecular formula is C13H23N3O2. The van der Waals surface area contributed by atoms with Crippen molar-refractivity contribution in [2.75, 3.05) is 12.3 Å².